The average Bonchev–Trinajstić information content (AvgIpc) is 3.19. The molecule has 0 spiro atoms. The molecule has 0 aliphatic carbocycles. The molecule has 130 valence electrons. The van der Waals surface area contributed by atoms with E-state index in [9.17, 15) is 4.79 Å². The Labute approximate surface area is 141 Å². The predicted octanol–water partition coefficient (Wildman–Crippen LogP) is 1.77. The third-order valence-corrected chi connectivity index (χ3v) is 4.56. The molecule has 8 heteroatoms. The largest absolute Gasteiger partial charge is 0.335 e. The van der Waals surface area contributed by atoms with Crippen molar-refractivity contribution in [2.75, 3.05) is 6.54 Å². The van der Waals surface area contributed by atoms with Crippen LogP contribution in [0.25, 0.3) is 0 Å². The number of hydrogen-bond acceptors (Lipinski definition) is 4. The van der Waals surface area contributed by atoms with Crippen molar-refractivity contribution in [3.05, 3.63) is 29.9 Å². The van der Waals surface area contributed by atoms with Gasteiger partial charge < -0.3 is 14.8 Å². The van der Waals surface area contributed by atoms with E-state index in [2.05, 4.69) is 30.0 Å². The van der Waals surface area contributed by atoms with Gasteiger partial charge in [0.25, 0.3) is 0 Å². The van der Waals surface area contributed by atoms with E-state index in [0.29, 0.717) is 12.4 Å². The SMILES string of the molecule is Cc1nc(CNC(=O)N2CCCC[C@H]2CCn2ccnc2C)n[nH]1. The number of aryl methyl sites for hydroxylation is 3. The first-order valence-electron chi connectivity index (χ1n) is 8.53. The lowest BCUT2D eigenvalue weighted by Crippen LogP contribution is -2.48. The number of urea groups is 1. The van der Waals surface area contributed by atoms with E-state index in [1.165, 1.54) is 6.42 Å². The number of nitrogens with one attached hydrogen (secondary N) is 2. The average molecular weight is 331 g/mol. The van der Waals surface area contributed by atoms with E-state index in [1.54, 1.807) is 0 Å². The van der Waals surface area contributed by atoms with Crippen molar-refractivity contribution in [3.8, 4) is 0 Å². The standard InChI is InChI=1S/C16H25N7O/c1-12-19-15(21-20-12)11-18-16(24)23-8-4-3-5-14(23)6-9-22-10-7-17-13(22)2/h7,10,14H,3-6,8-9,11H2,1-2H3,(H,18,24)(H,19,20,21)/t14-/m0/s1. The highest BCUT2D eigenvalue weighted by Gasteiger charge is 2.26. The topological polar surface area (TPSA) is 91.7 Å². The van der Waals surface area contributed by atoms with Gasteiger partial charge >= 0.3 is 6.03 Å². The summed E-state index contributed by atoms with van der Waals surface area (Å²) in [7, 11) is 0. The third kappa shape index (κ3) is 3.93. The fraction of sp³-hybridized carbons (Fsp3) is 0.625. The van der Waals surface area contributed by atoms with Gasteiger partial charge in [-0.25, -0.2) is 14.8 Å². The Hall–Kier alpha value is -2.38. The molecule has 2 aromatic rings. The van der Waals surface area contributed by atoms with Gasteiger partial charge in [-0.05, 0) is 39.5 Å². The van der Waals surface area contributed by atoms with E-state index in [-0.39, 0.29) is 12.1 Å². The number of amides is 2. The van der Waals surface area contributed by atoms with Crippen LogP contribution < -0.4 is 5.32 Å². The number of aromatic nitrogens is 5. The Kier molecular flexibility index (Phi) is 5.12. The molecule has 2 aromatic heterocycles. The monoisotopic (exact) mass is 331 g/mol. The maximum Gasteiger partial charge on any atom is 0.318 e. The summed E-state index contributed by atoms with van der Waals surface area (Å²) >= 11 is 0. The number of nitrogens with zero attached hydrogens (tertiary/aromatic N) is 5. The molecular weight excluding hydrogens is 306 g/mol. The van der Waals surface area contributed by atoms with Gasteiger partial charge in [0, 0.05) is 31.5 Å². The van der Waals surface area contributed by atoms with Crippen LogP contribution >= 0.6 is 0 Å². The zero-order valence-corrected chi connectivity index (χ0v) is 14.3. The molecule has 3 rings (SSSR count). The summed E-state index contributed by atoms with van der Waals surface area (Å²) in [6.45, 7) is 5.90. The van der Waals surface area contributed by atoms with Crippen LogP contribution in [0.4, 0.5) is 4.79 Å². The summed E-state index contributed by atoms with van der Waals surface area (Å²) in [5, 5.41) is 9.78. The molecule has 0 bridgehead atoms. The van der Waals surface area contributed by atoms with E-state index in [4.69, 9.17) is 0 Å². The molecule has 24 heavy (non-hydrogen) atoms. The van der Waals surface area contributed by atoms with Gasteiger partial charge in [0.05, 0.1) is 6.54 Å². The van der Waals surface area contributed by atoms with Crippen molar-refractivity contribution in [1.29, 1.82) is 0 Å². The van der Waals surface area contributed by atoms with E-state index >= 15 is 0 Å². The molecule has 1 aliphatic rings. The van der Waals surface area contributed by atoms with Crippen molar-refractivity contribution >= 4 is 6.03 Å². The molecule has 0 unspecified atom stereocenters. The number of likely N-dealkylation sites (tertiary alicyclic amines) is 1. The van der Waals surface area contributed by atoms with Crippen LogP contribution in [0.5, 0.6) is 0 Å². The number of carbonyl (C=O) groups is 1. The maximum atomic E-state index is 12.5. The molecule has 0 aromatic carbocycles. The molecule has 2 N–H and O–H groups in total. The van der Waals surface area contributed by atoms with Gasteiger partial charge in [0.2, 0.25) is 0 Å². The highest BCUT2D eigenvalue weighted by atomic mass is 16.2. The molecule has 1 aliphatic heterocycles. The summed E-state index contributed by atoms with van der Waals surface area (Å²) in [6, 6.07) is 0.249. The van der Waals surface area contributed by atoms with Crippen molar-refractivity contribution in [3.63, 3.8) is 0 Å². The van der Waals surface area contributed by atoms with Crippen LogP contribution in [0.2, 0.25) is 0 Å². The number of piperidine rings is 1. The predicted molar refractivity (Wildman–Crippen MR) is 89.3 cm³/mol. The first-order valence-corrected chi connectivity index (χ1v) is 8.53. The third-order valence-electron chi connectivity index (χ3n) is 4.56. The van der Waals surface area contributed by atoms with Crippen LogP contribution in [0.1, 0.15) is 43.2 Å². The smallest absolute Gasteiger partial charge is 0.318 e. The van der Waals surface area contributed by atoms with Gasteiger partial charge in [-0.3, -0.25) is 5.10 Å². The van der Waals surface area contributed by atoms with Crippen molar-refractivity contribution < 1.29 is 4.79 Å². The highest BCUT2D eigenvalue weighted by Crippen LogP contribution is 2.20. The molecule has 0 radical (unpaired) electrons. The molecule has 8 nitrogen and oxygen atoms in total. The fourth-order valence-electron chi connectivity index (χ4n) is 3.22. The van der Waals surface area contributed by atoms with E-state index < -0.39 is 0 Å². The first kappa shape index (κ1) is 16.5. The molecular formula is C16H25N7O. The normalized spacial score (nSPS) is 17.9. The minimum Gasteiger partial charge on any atom is -0.335 e. The van der Waals surface area contributed by atoms with Crippen LogP contribution in [-0.2, 0) is 13.1 Å². The lowest BCUT2D eigenvalue weighted by atomic mass is 9.99. The molecule has 1 fully saturated rings. The fourth-order valence-corrected chi connectivity index (χ4v) is 3.22. The lowest BCUT2D eigenvalue weighted by Gasteiger charge is -2.35. The Morgan fingerprint density at radius 2 is 2.29 bits per heavy atom. The van der Waals surface area contributed by atoms with E-state index in [1.807, 2.05) is 31.1 Å². The Bertz CT molecular complexity index is 678. The Balaban J connectivity index is 1.54. The second-order valence-electron chi connectivity index (χ2n) is 6.30. The number of aromatic amines is 1. The Morgan fingerprint density at radius 3 is 3.00 bits per heavy atom. The number of hydrogen-bond donors (Lipinski definition) is 2. The molecule has 0 saturated carbocycles. The van der Waals surface area contributed by atoms with Crippen LogP contribution in [0.15, 0.2) is 12.4 Å². The van der Waals surface area contributed by atoms with Crippen LogP contribution in [0.3, 0.4) is 0 Å². The van der Waals surface area contributed by atoms with Crippen LogP contribution in [0, 0.1) is 13.8 Å². The Morgan fingerprint density at radius 1 is 1.42 bits per heavy atom. The summed E-state index contributed by atoms with van der Waals surface area (Å²) in [4.78, 5) is 23.0. The summed E-state index contributed by atoms with van der Waals surface area (Å²) in [6.07, 6.45) is 8.06. The van der Waals surface area contributed by atoms with Gasteiger partial charge in [0.15, 0.2) is 5.82 Å². The molecule has 2 amide bonds. The summed E-state index contributed by atoms with van der Waals surface area (Å²) in [5.41, 5.74) is 0. The van der Waals surface area contributed by atoms with Gasteiger partial charge in [0.1, 0.15) is 11.6 Å². The number of rotatable bonds is 5. The second kappa shape index (κ2) is 7.46. The number of carbonyl (C=O) groups excluding carboxylic acids is 1. The molecule has 3 heterocycles. The summed E-state index contributed by atoms with van der Waals surface area (Å²) < 4.78 is 2.14. The zero-order chi connectivity index (χ0) is 16.9. The highest BCUT2D eigenvalue weighted by molar-refractivity contribution is 5.74. The van der Waals surface area contributed by atoms with Crippen molar-refractivity contribution in [1.82, 2.24) is 34.9 Å². The number of H-pyrrole nitrogens is 1. The lowest BCUT2D eigenvalue weighted by molar-refractivity contribution is 0.143. The minimum atomic E-state index is -0.0236. The van der Waals surface area contributed by atoms with E-state index in [0.717, 1.165) is 44.0 Å². The summed E-state index contributed by atoms with van der Waals surface area (Å²) in [5.74, 6) is 2.39. The minimum absolute atomic E-state index is 0.0236. The van der Waals surface area contributed by atoms with Gasteiger partial charge in [-0.15, -0.1) is 0 Å². The van der Waals surface area contributed by atoms with Crippen molar-refractivity contribution in [2.45, 2.75) is 58.7 Å². The molecule has 1 atom stereocenters. The van der Waals surface area contributed by atoms with Crippen LogP contribution in [-0.4, -0.2) is 48.3 Å². The van der Waals surface area contributed by atoms with Gasteiger partial charge in [-0.2, -0.15) is 5.10 Å². The first-order chi connectivity index (χ1) is 11.6. The van der Waals surface area contributed by atoms with Crippen molar-refractivity contribution in [2.24, 2.45) is 0 Å². The number of imidazole rings is 1. The maximum absolute atomic E-state index is 12.5. The zero-order valence-electron chi connectivity index (χ0n) is 14.3. The van der Waals surface area contributed by atoms with Gasteiger partial charge in [-0.1, -0.05) is 0 Å². The second-order valence-corrected chi connectivity index (χ2v) is 6.30. The molecule has 1 saturated heterocycles. The quantitative estimate of drug-likeness (QED) is 0.873.